The normalized spacial score (nSPS) is 9.88. The summed E-state index contributed by atoms with van der Waals surface area (Å²) < 4.78 is 3.85. The summed E-state index contributed by atoms with van der Waals surface area (Å²) in [6.07, 6.45) is 9.32. The molecule has 0 aliphatic heterocycles. The van der Waals surface area contributed by atoms with Crippen molar-refractivity contribution >= 4 is 9.58 Å². The molecule has 0 spiro atoms. The molecule has 0 aliphatic carbocycles. The molecule has 0 N–H and O–H groups in total. The molecule has 0 unspecified atom stereocenters. The Labute approximate surface area is 202 Å². The SMILES string of the molecule is Cn1cnc(-c2[c-]c(-c3cn(C)cn3)ccc2)c1.[Cl][Ir+2].[c-]1ccccc1-c1ccccn1. The first-order valence-electron chi connectivity index (χ1n) is 9.69. The summed E-state index contributed by atoms with van der Waals surface area (Å²) in [5.41, 5.74) is 5.83. The first kappa shape index (κ1) is 23.6. The van der Waals surface area contributed by atoms with E-state index in [1.165, 1.54) is 17.9 Å². The Morgan fingerprint density at radius 3 is 1.75 bits per heavy atom. The molecule has 3 heterocycles. The zero-order valence-corrected chi connectivity index (χ0v) is 20.8. The Morgan fingerprint density at radius 2 is 1.28 bits per heavy atom. The molecule has 0 amide bonds. The standard InChI is InChI=1S/C14H13N4.C11H8N.ClH.Ir/c1-17-7-13(15-9-17)11-4-3-5-12(6-11)14-8-18(2)10-16-14;1-2-6-10(7-3-1)11-8-4-5-9-12-11;;/h3-5,7-10H,1-2H3;1-6,8-9H;1H;/q2*-1;;+3/p-1. The van der Waals surface area contributed by atoms with Crippen LogP contribution in [-0.2, 0) is 32.0 Å². The van der Waals surface area contributed by atoms with Gasteiger partial charge in [0.15, 0.2) is 0 Å². The van der Waals surface area contributed by atoms with E-state index in [0.29, 0.717) is 0 Å². The summed E-state index contributed by atoms with van der Waals surface area (Å²) in [5.74, 6) is 0. The molecule has 162 valence electrons. The second-order valence-corrected chi connectivity index (χ2v) is 6.82. The van der Waals surface area contributed by atoms with Gasteiger partial charge in [-0.25, -0.2) is 0 Å². The molecule has 5 rings (SSSR count). The van der Waals surface area contributed by atoms with Crippen molar-refractivity contribution in [3.63, 3.8) is 0 Å². The maximum Gasteiger partial charge on any atom is 0.0160 e. The zero-order chi connectivity index (χ0) is 22.8. The predicted octanol–water partition coefficient (Wildman–Crippen LogP) is 5.52. The Bertz CT molecular complexity index is 1130. The molecule has 0 radical (unpaired) electrons. The summed E-state index contributed by atoms with van der Waals surface area (Å²) in [7, 11) is 8.55. The van der Waals surface area contributed by atoms with Crippen molar-refractivity contribution in [1.29, 1.82) is 0 Å². The van der Waals surface area contributed by atoms with Crippen molar-refractivity contribution in [3.05, 3.63) is 104 Å². The molecule has 3 aromatic heterocycles. The number of nitrogens with zero attached hydrogens (tertiary/aromatic N) is 5. The fourth-order valence-electron chi connectivity index (χ4n) is 2.95. The molecular formula is C25H21ClIrN5. The van der Waals surface area contributed by atoms with E-state index in [0.717, 1.165) is 33.8 Å². The van der Waals surface area contributed by atoms with E-state index in [9.17, 15) is 0 Å². The average Bonchev–Trinajstić information content (AvgIpc) is 3.50. The number of benzene rings is 2. The smallest absolute Gasteiger partial charge is 0.0160 e. The quantitative estimate of drug-likeness (QED) is 0.250. The summed E-state index contributed by atoms with van der Waals surface area (Å²) >= 11 is 1.47. The number of halogens is 1. The van der Waals surface area contributed by atoms with Crippen LogP contribution in [0.1, 0.15) is 0 Å². The van der Waals surface area contributed by atoms with Gasteiger partial charge in [-0.3, -0.25) is 9.97 Å². The monoisotopic (exact) mass is 619 g/mol. The Morgan fingerprint density at radius 1 is 0.688 bits per heavy atom. The van der Waals surface area contributed by atoms with Crippen molar-refractivity contribution in [2.75, 3.05) is 0 Å². The van der Waals surface area contributed by atoms with Crippen molar-refractivity contribution < 1.29 is 17.9 Å². The average molecular weight is 619 g/mol. The first-order valence-corrected chi connectivity index (χ1v) is 12.7. The van der Waals surface area contributed by atoms with Crippen LogP contribution in [-0.4, -0.2) is 24.1 Å². The van der Waals surface area contributed by atoms with Crippen molar-refractivity contribution in [1.82, 2.24) is 24.1 Å². The van der Waals surface area contributed by atoms with Crippen molar-refractivity contribution in [2.24, 2.45) is 14.1 Å². The van der Waals surface area contributed by atoms with E-state index in [2.05, 4.69) is 36.7 Å². The van der Waals surface area contributed by atoms with Crippen molar-refractivity contribution in [3.8, 4) is 33.8 Å². The molecule has 7 heteroatoms. The predicted molar refractivity (Wildman–Crippen MR) is 124 cm³/mol. The van der Waals surface area contributed by atoms with Crippen LogP contribution >= 0.6 is 9.58 Å². The van der Waals surface area contributed by atoms with E-state index in [1.807, 2.05) is 96.3 Å². The van der Waals surface area contributed by atoms with Gasteiger partial charge in [0, 0.05) is 31.7 Å². The number of imidazole rings is 2. The van der Waals surface area contributed by atoms with Gasteiger partial charge in [-0.05, 0) is 24.2 Å². The summed E-state index contributed by atoms with van der Waals surface area (Å²) in [6.45, 7) is 0. The first-order chi connectivity index (χ1) is 15.7. The molecule has 0 saturated heterocycles. The van der Waals surface area contributed by atoms with Crippen LogP contribution < -0.4 is 0 Å². The Balaban J connectivity index is 0.000000180. The third-order valence-corrected chi connectivity index (χ3v) is 4.41. The molecule has 0 atom stereocenters. The minimum Gasteiger partial charge on any atom is -0.305 e. The van der Waals surface area contributed by atoms with E-state index >= 15 is 0 Å². The maximum atomic E-state index is 4.64. The van der Waals surface area contributed by atoms with Gasteiger partial charge in [-0.15, -0.1) is 60.2 Å². The van der Waals surface area contributed by atoms with Gasteiger partial charge in [0.1, 0.15) is 0 Å². The largest absolute Gasteiger partial charge is 0.305 e. The van der Waals surface area contributed by atoms with Crippen LogP contribution in [0.25, 0.3) is 33.8 Å². The van der Waals surface area contributed by atoms with Crippen LogP contribution in [0.3, 0.4) is 0 Å². The minimum atomic E-state index is 0.926. The van der Waals surface area contributed by atoms with E-state index in [-0.39, 0.29) is 0 Å². The number of aromatic nitrogens is 5. The van der Waals surface area contributed by atoms with Gasteiger partial charge in [-0.1, -0.05) is 23.3 Å². The van der Waals surface area contributed by atoms with Crippen LogP contribution in [0.2, 0.25) is 0 Å². The second kappa shape index (κ2) is 12.1. The van der Waals surface area contributed by atoms with Gasteiger partial charge in [0.05, 0.1) is 12.7 Å². The third-order valence-electron chi connectivity index (χ3n) is 4.41. The Hall–Kier alpha value is -3.05. The number of hydrogen-bond donors (Lipinski definition) is 0. The fourth-order valence-corrected chi connectivity index (χ4v) is 2.95. The van der Waals surface area contributed by atoms with Gasteiger partial charge in [-0.2, -0.15) is 0 Å². The number of rotatable bonds is 3. The zero-order valence-electron chi connectivity index (χ0n) is 17.6. The van der Waals surface area contributed by atoms with Crippen LogP contribution in [0.15, 0.2) is 91.9 Å². The third kappa shape index (κ3) is 6.47. The molecule has 0 bridgehead atoms. The number of hydrogen-bond acceptors (Lipinski definition) is 3. The molecule has 0 fully saturated rings. The van der Waals surface area contributed by atoms with Crippen LogP contribution in [0, 0.1) is 12.1 Å². The molecule has 2 aromatic carbocycles. The summed E-state index contributed by atoms with van der Waals surface area (Å²) in [6, 6.07) is 26.2. The Kier molecular flexibility index (Phi) is 8.93. The van der Waals surface area contributed by atoms with Crippen LogP contribution in [0.4, 0.5) is 0 Å². The maximum absolute atomic E-state index is 4.64. The molecular weight excluding hydrogens is 598 g/mol. The second-order valence-electron chi connectivity index (χ2n) is 6.82. The molecule has 0 aliphatic rings. The van der Waals surface area contributed by atoms with Gasteiger partial charge in [0.25, 0.3) is 0 Å². The van der Waals surface area contributed by atoms with Gasteiger partial charge >= 0.3 is 27.5 Å². The topological polar surface area (TPSA) is 48.5 Å². The molecule has 5 aromatic rings. The summed E-state index contributed by atoms with van der Waals surface area (Å²) in [5, 5.41) is 0. The van der Waals surface area contributed by atoms with Gasteiger partial charge < -0.3 is 14.1 Å². The van der Waals surface area contributed by atoms with E-state index < -0.39 is 0 Å². The molecule has 5 nitrogen and oxygen atoms in total. The molecule has 0 saturated carbocycles. The number of aryl methyl sites for hydroxylation is 2. The van der Waals surface area contributed by atoms with Crippen molar-refractivity contribution in [2.45, 2.75) is 0 Å². The minimum absolute atomic E-state index is 0.926. The summed E-state index contributed by atoms with van der Waals surface area (Å²) in [4.78, 5) is 12.9. The van der Waals surface area contributed by atoms with Crippen LogP contribution in [0.5, 0.6) is 0 Å². The van der Waals surface area contributed by atoms with E-state index in [4.69, 9.17) is 0 Å². The molecule has 32 heavy (non-hydrogen) atoms. The van der Waals surface area contributed by atoms with E-state index in [1.54, 1.807) is 18.9 Å². The fraction of sp³-hybridized carbons (Fsp3) is 0.0800. The number of pyridine rings is 1. The van der Waals surface area contributed by atoms with Gasteiger partial charge in [0.2, 0.25) is 0 Å².